The molecule has 1 aromatic heterocycles. The normalized spacial score (nSPS) is 11.7. The fourth-order valence-corrected chi connectivity index (χ4v) is 3.75. The van der Waals surface area contributed by atoms with Gasteiger partial charge in [-0.2, -0.15) is 0 Å². The molecule has 136 valence electrons. The summed E-state index contributed by atoms with van der Waals surface area (Å²) >= 11 is 0. The lowest BCUT2D eigenvalue weighted by Crippen LogP contribution is -2.29. The molecule has 0 saturated heterocycles. The van der Waals surface area contributed by atoms with Gasteiger partial charge in [-0.15, -0.1) is 0 Å². The summed E-state index contributed by atoms with van der Waals surface area (Å²) in [6.45, 7) is 1.68. The SMILES string of the molecule is COc1ccc(S(=O)(=O)NCc2nc3ccccc3c(=O)n2C)cc1C. The molecule has 7 nitrogen and oxygen atoms in total. The number of aromatic nitrogens is 2. The molecular formula is C18H19N3O4S. The van der Waals surface area contributed by atoms with Crippen LogP contribution in [0.4, 0.5) is 0 Å². The highest BCUT2D eigenvalue weighted by molar-refractivity contribution is 7.89. The van der Waals surface area contributed by atoms with Crippen LogP contribution >= 0.6 is 0 Å². The standard InChI is InChI=1S/C18H19N3O4S/c1-12-10-13(8-9-16(12)25-3)26(23,24)19-11-17-20-15-7-5-4-6-14(15)18(22)21(17)2/h4-10,19H,11H2,1-3H3. The first-order chi connectivity index (χ1) is 12.3. The van der Waals surface area contributed by atoms with Gasteiger partial charge in [0, 0.05) is 7.05 Å². The Morgan fingerprint density at radius 3 is 2.62 bits per heavy atom. The predicted octanol–water partition coefficient (Wildman–Crippen LogP) is 1.73. The minimum atomic E-state index is -3.75. The highest BCUT2D eigenvalue weighted by Crippen LogP contribution is 2.21. The molecule has 0 spiro atoms. The molecule has 0 unspecified atom stereocenters. The smallest absolute Gasteiger partial charge is 0.261 e. The number of nitrogens with one attached hydrogen (secondary N) is 1. The first-order valence-corrected chi connectivity index (χ1v) is 9.41. The van der Waals surface area contributed by atoms with E-state index in [1.165, 1.54) is 23.8 Å². The number of hydrogen-bond acceptors (Lipinski definition) is 5. The molecule has 2 aromatic carbocycles. The minimum absolute atomic E-state index is 0.0933. The van der Waals surface area contributed by atoms with Crippen LogP contribution in [0.2, 0.25) is 0 Å². The second-order valence-electron chi connectivity index (χ2n) is 5.87. The zero-order chi connectivity index (χ0) is 18.9. The summed E-state index contributed by atoms with van der Waals surface area (Å²) in [5, 5.41) is 0.493. The van der Waals surface area contributed by atoms with E-state index < -0.39 is 10.0 Å². The predicted molar refractivity (Wildman–Crippen MR) is 98.7 cm³/mol. The first-order valence-electron chi connectivity index (χ1n) is 7.92. The molecule has 0 saturated carbocycles. The zero-order valence-corrected chi connectivity index (χ0v) is 15.5. The lowest BCUT2D eigenvalue weighted by molar-refractivity contribution is 0.411. The number of ether oxygens (including phenoxy) is 1. The molecule has 26 heavy (non-hydrogen) atoms. The Hall–Kier alpha value is -2.71. The van der Waals surface area contributed by atoms with Crippen molar-refractivity contribution in [1.82, 2.24) is 14.3 Å². The van der Waals surface area contributed by atoms with Gasteiger partial charge in [0.15, 0.2) is 0 Å². The summed E-state index contributed by atoms with van der Waals surface area (Å²) in [6.07, 6.45) is 0. The van der Waals surface area contributed by atoms with E-state index in [0.29, 0.717) is 28.0 Å². The van der Waals surface area contributed by atoms with Gasteiger partial charge in [0.2, 0.25) is 10.0 Å². The maximum Gasteiger partial charge on any atom is 0.261 e. The Kier molecular flexibility index (Phi) is 4.80. The number of sulfonamides is 1. The minimum Gasteiger partial charge on any atom is -0.496 e. The largest absolute Gasteiger partial charge is 0.496 e. The summed E-state index contributed by atoms with van der Waals surface area (Å²) in [4.78, 5) is 16.9. The summed E-state index contributed by atoms with van der Waals surface area (Å²) < 4.78 is 34.1. The van der Waals surface area contributed by atoms with Crippen molar-refractivity contribution in [3.05, 3.63) is 64.2 Å². The van der Waals surface area contributed by atoms with Crippen LogP contribution < -0.4 is 15.0 Å². The van der Waals surface area contributed by atoms with E-state index in [1.54, 1.807) is 44.3 Å². The maximum atomic E-state index is 12.6. The van der Waals surface area contributed by atoms with Gasteiger partial charge in [0.1, 0.15) is 11.6 Å². The molecule has 1 N–H and O–H groups in total. The van der Waals surface area contributed by atoms with Gasteiger partial charge in [-0.1, -0.05) is 12.1 Å². The number of rotatable bonds is 5. The number of hydrogen-bond donors (Lipinski definition) is 1. The third kappa shape index (κ3) is 3.33. The highest BCUT2D eigenvalue weighted by atomic mass is 32.2. The fourth-order valence-electron chi connectivity index (χ4n) is 2.68. The van der Waals surface area contributed by atoms with Gasteiger partial charge in [0.05, 0.1) is 29.5 Å². The summed E-state index contributed by atoms with van der Waals surface area (Å²) in [5.41, 5.74) is 1.03. The molecule has 0 aliphatic rings. The van der Waals surface area contributed by atoms with E-state index in [9.17, 15) is 13.2 Å². The second kappa shape index (κ2) is 6.89. The number of benzene rings is 2. The molecule has 0 radical (unpaired) electrons. The van der Waals surface area contributed by atoms with Gasteiger partial charge in [-0.05, 0) is 42.8 Å². The van der Waals surface area contributed by atoms with Crippen molar-refractivity contribution in [3.8, 4) is 5.75 Å². The molecule has 0 atom stereocenters. The van der Waals surface area contributed by atoms with E-state index in [1.807, 2.05) is 0 Å². The van der Waals surface area contributed by atoms with Gasteiger partial charge >= 0.3 is 0 Å². The van der Waals surface area contributed by atoms with Gasteiger partial charge in [-0.25, -0.2) is 18.1 Å². The molecule has 0 amide bonds. The molecular weight excluding hydrogens is 354 g/mol. The average molecular weight is 373 g/mol. The van der Waals surface area contributed by atoms with Crippen molar-refractivity contribution in [2.24, 2.45) is 7.05 Å². The third-order valence-corrected chi connectivity index (χ3v) is 5.57. The van der Waals surface area contributed by atoms with Crippen molar-refractivity contribution in [3.63, 3.8) is 0 Å². The van der Waals surface area contributed by atoms with Crippen LogP contribution in [0, 0.1) is 6.92 Å². The Morgan fingerprint density at radius 2 is 1.92 bits per heavy atom. The van der Waals surface area contributed by atoms with E-state index in [-0.39, 0.29) is 17.0 Å². The molecule has 0 bridgehead atoms. The van der Waals surface area contributed by atoms with Crippen LogP contribution in [0.25, 0.3) is 10.9 Å². The molecule has 3 aromatic rings. The molecule has 3 rings (SSSR count). The number of para-hydroxylation sites is 1. The number of methoxy groups -OCH3 is 1. The van der Waals surface area contributed by atoms with Gasteiger partial charge < -0.3 is 4.74 Å². The number of aryl methyl sites for hydroxylation is 1. The van der Waals surface area contributed by atoms with Crippen LogP contribution in [0.15, 0.2) is 52.2 Å². The van der Waals surface area contributed by atoms with Crippen molar-refractivity contribution >= 4 is 20.9 Å². The second-order valence-corrected chi connectivity index (χ2v) is 7.63. The Bertz CT molecular complexity index is 1140. The van der Waals surface area contributed by atoms with Crippen LogP contribution in [0.5, 0.6) is 5.75 Å². The van der Waals surface area contributed by atoms with E-state index in [0.717, 1.165) is 0 Å². The van der Waals surface area contributed by atoms with Crippen molar-refractivity contribution < 1.29 is 13.2 Å². The molecule has 0 aliphatic carbocycles. The lowest BCUT2D eigenvalue weighted by Gasteiger charge is -2.12. The quantitative estimate of drug-likeness (QED) is 0.736. The van der Waals surface area contributed by atoms with Crippen LogP contribution in [-0.4, -0.2) is 25.1 Å². The first kappa shape index (κ1) is 18.1. The third-order valence-electron chi connectivity index (χ3n) is 4.17. The Labute approximate surface area is 151 Å². The topological polar surface area (TPSA) is 90.3 Å². The highest BCUT2D eigenvalue weighted by Gasteiger charge is 2.17. The van der Waals surface area contributed by atoms with E-state index in [2.05, 4.69) is 9.71 Å². The van der Waals surface area contributed by atoms with Crippen LogP contribution in [0.3, 0.4) is 0 Å². The molecule has 0 aliphatic heterocycles. The molecule has 8 heteroatoms. The summed E-state index contributed by atoms with van der Waals surface area (Å²) in [6, 6.07) is 11.6. The number of nitrogens with zero attached hydrogens (tertiary/aromatic N) is 2. The summed E-state index contributed by atoms with van der Waals surface area (Å²) in [5.74, 6) is 0.949. The van der Waals surface area contributed by atoms with Gasteiger partial charge in [0.25, 0.3) is 5.56 Å². The lowest BCUT2D eigenvalue weighted by atomic mass is 10.2. The van der Waals surface area contributed by atoms with Crippen LogP contribution in [0.1, 0.15) is 11.4 Å². The Balaban J connectivity index is 1.91. The molecule has 1 heterocycles. The summed E-state index contributed by atoms with van der Waals surface area (Å²) in [7, 11) is -0.649. The average Bonchev–Trinajstić information content (AvgIpc) is 2.63. The van der Waals surface area contributed by atoms with Crippen molar-refractivity contribution in [1.29, 1.82) is 0 Å². The van der Waals surface area contributed by atoms with Gasteiger partial charge in [-0.3, -0.25) is 9.36 Å². The Morgan fingerprint density at radius 1 is 1.19 bits per heavy atom. The fraction of sp³-hybridized carbons (Fsp3) is 0.222. The van der Waals surface area contributed by atoms with Crippen molar-refractivity contribution in [2.45, 2.75) is 18.4 Å². The zero-order valence-electron chi connectivity index (χ0n) is 14.7. The van der Waals surface area contributed by atoms with Crippen LogP contribution in [-0.2, 0) is 23.6 Å². The molecule has 0 fully saturated rings. The van der Waals surface area contributed by atoms with Crippen molar-refractivity contribution in [2.75, 3.05) is 7.11 Å². The van der Waals surface area contributed by atoms with E-state index in [4.69, 9.17) is 4.74 Å². The monoisotopic (exact) mass is 373 g/mol. The number of fused-ring (bicyclic) bond motifs is 1. The maximum absolute atomic E-state index is 12.6. The van der Waals surface area contributed by atoms with E-state index >= 15 is 0 Å².